The van der Waals surface area contributed by atoms with Gasteiger partial charge in [-0.15, -0.1) is 0 Å². The van der Waals surface area contributed by atoms with E-state index in [1.807, 2.05) is 6.07 Å². The molecule has 6 heterocycles. The number of benzene rings is 2. The number of ether oxygens (including phenoxy) is 1. The molecule has 238 valence electrons. The molecule has 5 fully saturated rings. The van der Waals surface area contributed by atoms with Crippen LogP contribution >= 0.6 is 0 Å². The van der Waals surface area contributed by atoms with E-state index in [0.717, 1.165) is 43.0 Å². The number of rotatable bonds is 5. The second kappa shape index (κ2) is 10.7. The maximum absolute atomic E-state index is 15.2. The van der Waals surface area contributed by atoms with Crippen LogP contribution < -0.4 is 19.9 Å². The van der Waals surface area contributed by atoms with Crippen molar-refractivity contribution in [2.75, 3.05) is 42.6 Å². The lowest BCUT2D eigenvalue weighted by Crippen LogP contribution is -2.52. The monoisotopic (exact) mass is 616 g/mol. The number of hydrogen-bond donors (Lipinski definition) is 2. The predicted octanol–water partition coefficient (Wildman–Crippen LogP) is 5.10. The van der Waals surface area contributed by atoms with Gasteiger partial charge in [0.15, 0.2) is 0 Å². The second-order valence-corrected chi connectivity index (χ2v) is 14.6. The SMILES string of the molecule is Oc1cc(N2CCc3c(nc(OCC45CC(F)CN4C4CCCCC4C5)nc3N3CC4CCC(C3)N4)C2)c2c(F)cccc2c1. The van der Waals surface area contributed by atoms with Gasteiger partial charge < -0.3 is 25.0 Å². The Kier molecular flexibility index (Phi) is 6.64. The first-order valence-electron chi connectivity index (χ1n) is 17.0. The Morgan fingerprint density at radius 3 is 2.71 bits per heavy atom. The van der Waals surface area contributed by atoms with Crippen LogP contribution in [0.2, 0.25) is 0 Å². The van der Waals surface area contributed by atoms with Crippen molar-refractivity contribution in [1.82, 2.24) is 20.2 Å². The van der Waals surface area contributed by atoms with Crippen LogP contribution in [-0.4, -0.2) is 82.6 Å². The number of aromatic hydroxyl groups is 1. The van der Waals surface area contributed by atoms with Crippen LogP contribution in [0.3, 0.4) is 0 Å². The summed E-state index contributed by atoms with van der Waals surface area (Å²) in [6.45, 7) is 3.83. The average molecular weight is 617 g/mol. The highest BCUT2D eigenvalue weighted by molar-refractivity contribution is 5.96. The minimum atomic E-state index is -0.820. The van der Waals surface area contributed by atoms with Crippen LogP contribution in [0.1, 0.15) is 62.6 Å². The minimum absolute atomic E-state index is 0.112. The van der Waals surface area contributed by atoms with E-state index in [1.165, 1.54) is 38.2 Å². The molecule has 45 heavy (non-hydrogen) atoms. The Balaban J connectivity index is 1.06. The van der Waals surface area contributed by atoms with E-state index < -0.39 is 6.17 Å². The summed E-state index contributed by atoms with van der Waals surface area (Å²) in [5.41, 5.74) is 2.38. The summed E-state index contributed by atoms with van der Waals surface area (Å²) < 4.78 is 36.7. The Morgan fingerprint density at radius 2 is 1.84 bits per heavy atom. The molecule has 2 bridgehead atoms. The van der Waals surface area contributed by atoms with Crippen molar-refractivity contribution < 1.29 is 18.6 Å². The quantitative estimate of drug-likeness (QED) is 0.410. The molecule has 0 radical (unpaired) electrons. The van der Waals surface area contributed by atoms with Crippen molar-refractivity contribution in [3.63, 3.8) is 0 Å². The summed E-state index contributed by atoms with van der Waals surface area (Å²) in [7, 11) is 0. The highest BCUT2D eigenvalue weighted by Crippen LogP contribution is 2.51. The molecule has 9 rings (SSSR count). The molecule has 10 heteroatoms. The van der Waals surface area contributed by atoms with Gasteiger partial charge in [0.05, 0.1) is 23.5 Å². The van der Waals surface area contributed by atoms with Gasteiger partial charge in [0.2, 0.25) is 0 Å². The van der Waals surface area contributed by atoms with Crippen molar-refractivity contribution >= 4 is 22.3 Å². The smallest absolute Gasteiger partial charge is 0.318 e. The standard InChI is InChI=1S/C35H42F2N6O2/c36-23-15-35(14-22-4-1-2-7-30(22)43(35)16-23)20-45-34-39-29-19-41(31-13-26(44)12-21-5-3-6-28(37)32(21)31)11-10-27(29)33(40-34)42-17-24-8-9-25(18-42)38-24/h3,5-6,12-13,22-25,30,38,44H,1-2,4,7-11,14-20H2. The predicted molar refractivity (Wildman–Crippen MR) is 169 cm³/mol. The van der Waals surface area contributed by atoms with Crippen LogP contribution in [0.15, 0.2) is 30.3 Å². The average Bonchev–Trinajstić information content (AvgIpc) is 3.65. The van der Waals surface area contributed by atoms with Gasteiger partial charge in [-0.25, -0.2) is 8.78 Å². The number of halogens is 2. The molecule has 0 amide bonds. The number of fused-ring (bicyclic) bond motifs is 7. The summed E-state index contributed by atoms with van der Waals surface area (Å²) in [5, 5.41) is 15.5. The number of nitrogens with zero attached hydrogens (tertiary/aromatic N) is 5. The number of anilines is 2. The fourth-order valence-corrected chi connectivity index (χ4v) is 9.90. The molecule has 1 saturated carbocycles. The van der Waals surface area contributed by atoms with Crippen LogP contribution in [0, 0.1) is 11.7 Å². The Morgan fingerprint density at radius 1 is 1.00 bits per heavy atom. The molecular weight excluding hydrogens is 574 g/mol. The van der Waals surface area contributed by atoms with Gasteiger partial charge in [-0.1, -0.05) is 25.0 Å². The van der Waals surface area contributed by atoms with Crippen LogP contribution in [0.5, 0.6) is 11.8 Å². The molecule has 2 N–H and O–H groups in total. The highest BCUT2D eigenvalue weighted by Gasteiger charge is 2.57. The number of aromatic nitrogens is 2. The lowest BCUT2D eigenvalue weighted by molar-refractivity contribution is 0.0772. The molecule has 6 atom stereocenters. The third-order valence-corrected chi connectivity index (χ3v) is 11.8. The van der Waals surface area contributed by atoms with Gasteiger partial charge in [-0.3, -0.25) is 4.90 Å². The molecule has 6 unspecified atom stereocenters. The van der Waals surface area contributed by atoms with Gasteiger partial charge in [-0.2, -0.15) is 9.97 Å². The minimum Gasteiger partial charge on any atom is -0.508 e. The first-order valence-corrected chi connectivity index (χ1v) is 17.0. The zero-order chi connectivity index (χ0) is 30.3. The maximum atomic E-state index is 15.2. The summed E-state index contributed by atoms with van der Waals surface area (Å²) in [5.74, 6) is 1.38. The second-order valence-electron chi connectivity index (χ2n) is 14.6. The number of alkyl halides is 1. The first-order chi connectivity index (χ1) is 21.9. The summed E-state index contributed by atoms with van der Waals surface area (Å²) >= 11 is 0. The number of phenols is 1. The largest absolute Gasteiger partial charge is 0.508 e. The van der Waals surface area contributed by atoms with Crippen LogP contribution in [-0.2, 0) is 13.0 Å². The van der Waals surface area contributed by atoms with E-state index in [9.17, 15) is 9.50 Å². The van der Waals surface area contributed by atoms with Gasteiger partial charge in [-0.05, 0) is 62.0 Å². The van der Waals surface area contributed by atoms with Crippen LogP contribution in [0.25, 0.3) is 10.8 Å². The van der Waals surface area contributed by atoms with Gasteiger partial charge in [0.25, 0.3) is 0 Å². The molecule has 4 saturated heterocycles. The van der Waals surface area contributed by atoms with Crippen LogP contribution in [0.4, 0.5) is 20.3 Å². The molecule has 1 aliphatic carbocycles. The number of nitrogens with one attached hydrogen (secondary N) is 1. The number of phenolic OH excluding ortho intramolecular Hbond substituents is 1. The van der Waals surface area contributed by atoms with Crippen molar-refractivity contribution in [3.05, 3.63) is 47.4 Å². The van der Waals surface area contributed by atoms with Crippen molar-refractivity contribution in [2.45, 2.75) is 94.2 Å². The van der Waals surface area contributed by atoms with Crippen molar-refractivity contribution in [2.24, 2.45) is 5.92 Å². The first kappa shape index (κ1) is 28.0. The molecule has 8 nitrogen and oxygen atoms in total. The topological polar surface area (TPSA) is 77.0 Å². The van der Waals surface area contributed by atoms with Crippen molar-refractivity contribution in [3.8, 4) is 11.8 Å². The van der Waals surface area contributed by atoms with E-state index in [4.69, 9.17) is 14.7 Å². The molecule has 5 aliphatic heterocycles. The Labute approximate surface area is 262 Å². The van der Waals surface area contributed by atoms with E-state index in [0.29, 0.717) is 85.6 Å². The fourth-order valence-electron chi connectivity index (χ4n) is 9.90. The number of piperazine rings is 1. The van der Waals surface area contributed by atoms with E-state index in [2.05, 4.69) is 20.0 Å². The maximum Gasteiger partial charge on any atom is 0.318 e. The van der Waals surface area contributed by atoms with E-state index in [-0.39, 0.29) is 17.1 Å². The Hall–Kier alpha value is -3.24. The zero-order valence-electron chi connectivity index (χ0n) is 25.7. The lowest BCUT2D eigenvalue weighted by Gasteiger charge is -2.38. The summed E-state index contributed by atoms with van der Waals surface area (Å²) in [4.78, 5) is 17.1. The zero-order valence-corrected chi connectivity index (χ0v) is 25.7. The molecule has 1 aromatic heterocycles. The normalized spacial score (nSPS) is 32.5. The van der Waals surface area contributed by atoms with Gasteiger partial charge in [0, 0.05) is 67.7 Å². The van der Waals surface area contributed by atoms with E-state index >= 15 is 4.39 Å². The third kappa shape index (κ3) is 4.73. The van der Waals surface area contributed by atoms with Gasteiger partial charge >= 0.3 is 6.01 Å². The summed E-state index contributed by atoms with van der Waals surface area (Å²) in [6.07, 6.45) is 8.62. The Bertz CT molecular complexity index is 1630. The number of hydrogen-bond acceptors (Lipinski definition) is 8. The van der Waals surface area contributed by atoms with E-state index in [1.54, 1.807) is 18.2 Å². The molecule has 0 spiro atoms. The molecule has 6 aliphatic rings. The lowest BCUT2D eigenvalue weighted by atomic mass is 9.81. The fraction of sp³-hybridized carbons (Fsp3) is 0.600. The highest BCUT2D eigenvalue weighted by atomic mass is 19.1. The molecular formula is C35H42F2N6O2. The molecule has 2 aromatic carbocycles. The van der Waals surface area contributed by atoms with Gasteiger partial charge in [0.1, 0.15) is 30.2 Å². The molecule has 3 aromatic rings. The van der Waals surface area contributed by atoms with Crippen molar-refractivity contribution in [1.29, 1.82) is 0 Å². The summed E-state index contributed by atoms with van der Waals surface area (Å²) in [6, 6.07) is 9.97. The third-order valence-electron chi connectivity index (χ3n) is 11.8.